The zero-order chi connectivity index (χ0) is 15.7. The van der Waals surface area contributed by atoms with Crippen LogP contribution in [-0.4, -0.2) is 5.91 Å². The van der Waals surface area contributed by atoms with Crippen LogP contribution in [0.1, 0.15) is 10.4 Å². The summed E-state index contributed by atoms with van der Waals surface area (Å²) in [6.45, 7) is 0. The first-order chi connectivity index (χ1) is 10.5. The molecule has 0 fully saturated rings. The Hall–Kier alpha value is -2.30. The van der Waals surface area contributed by atoms with E-state index in [4.69, 9.17) is 27.6 Å². The van der Waals surface area contributed by atoms with Crippen LogP contribution in [0.2, 0.25) is 10.0 Å². The number of para-hydroxylation sites is 1. The second-order valence-electron chi connectivity index (χ2n) is 4.60. The molecule has 0 aliphatic rings. The second kappa shape index (κ2) is 5.83. The standard InChI is InChI=1S/C16H9Cl2NO3/c17-10-6-11(18)8-12(7-10)19-15(20)13-5-9-3-1-2-4-14(9)22-16(13)21/h1-8H,(H,19,20). The first-order valence-electron chi connectivity index (χ1n) is 6.33. The van der Waals surface area contributed by atoms with Crippen molar-refractivity contribution < 1.29 is 9.21 Å². The number of fused-ring (bicyclic) bond motifs is 1. The van der Waals surface area contributed by atoms with Gasteiger partial charge in [0.05, 0.1) is 0 Å². The highest BCUT2D eigenvalue weighted by Crippen LogP contribution is 2.23. The van der Waals surface area contributed by atoms with Crippen molar-refractivity contribution >= 4 is 45.8 Å². The Bertz CT molecular complexity index is 914. The van der Waals surface area contributed by atoms with Gasteiger partial charge in [-0.25, -0.2) is 4.79 Å². The predicted molar refractivity (Wildman–Crippen MR) is 86.9 cm³/mol. The number of amides is 1. The summed E-state index contributed by atoms with van der Waals surface area (Å²) in [6, 6.07) is 13.1. The van der Waals surface area contributed by atoms with Crippen LogP contribution in [0.4, 0.5) is 5.69 Å². The van der Waals surface area contributed by atoms with Gasteiger partial charge in [0.2, 0.25) is 0 Å². The van der Waals surface area contributed by atoms with Crippen molar-refractivity contribution in [1.82, 2.24) is 0 Å². The summed E-state index contributed by atoms with van der Waals surface area (Å²) in [4.78, 5) is 24.2. The van der Waals surface area contributed by atoms with E-state index >= 15 is 0 Å². The smallest absolute Gasteiger partial charge is 0.349 e. The third-order valence-electron chi connectivity index (χ3n) is 3.01. The summed E-state index contributed by atoms with van der Waals surface area (Å²) < 4.78 is 5.13. The Kier molecular flexibility index (Phi) is 3.88. The monoisotopic (exact) mass is 333 g/mol. The van der Waals surface area contributed by atoms with E-state index in [9.17, 15) is 9.59 Å². The lowest BCUT2D eigenvalue weighted by molar-refractivity contribution is 0.102. The van der Waals surface area contributed by atoms with Gasteiger partial charge in [0, 0.05) is 21.1 Å². The molecular weight excluding hydrogens is 325 g/mol. The number of anilines is 1. The summed E-state index contributed by atoms with van der Waals surface area (Å²) in [7, 11) is 0. The van der Waals surface area contributed by atoms with Crippen LogP contribution >= 0.6 is 23.2 Å². The van der Waals surface area contributed by atoms with Gasteiger partial charge in [-0.05, 0) is 30.3 Å². The molecule has 4 nitrogen and oxygen atoms in total. The predicted octanol–water partition coefficient (Wildman–Crippen LogP) is 4.35. The van der Waals surface area contributed by atoms with E-state index in [1.54, 1.807) is 30.3 Å². The second-order valence-corrected chi connectivity index (χ2v) is 5.47. The third kappa shape index (κ3) is 2.98. The molecule has 0 saturated heterocycles. The highest BCUT2D eigenvalue weighted by Gasteiger charge is 2.14. The van der Waals surface area contributed by atoms with Gasteiger partial charge in [-0.1, -0.05) is 41.4 Å². The van der Waals surface area contributed by atoms with E-state index < -0.39 is 11.5 Å². The molecule has 0 aliphatic carbocycles. The molecule has 3 rings (SSSR count). The number of carbonyl (C=O) groups is 1. The Balaban J connectivity index is 1.98. The lowest BCUT2D eigenvalue weighted by atomic mass is 10.1. The lowest BCUT2D eigenvalue weighted by Gasteiger charge is -2.06. The number of hydrogen-bond acceptors (Lipinski definition) is 3. The fourth-order valence-corrected chi connectivity index (χ4v) is 2.57. The van der Waals surface area contributed by atoms with Gasteiger partial charge in [0.25, 0.3) is 5.91 Å². The molecule has 3 aromatic rings. The van der Waals surface area contributed by atoms with Gasteiger partial charge in [0.15, 0.2) is 0 Å². The molecule has 0 atom stereocenters. The normalized spacial score (nSPS) is 10.6. The zero-order valence-corrected chi connectivity index (χ0v) is 12.6. The first kappa shape index (κ1) is 14.6. The summed E-state index contributed by atoms with van der Waals surface area (Å²) in [5, 5.41) is 4.01. The van der Waals surface area contributed by atoms with Crippen molar-refractivity contribution in [1.29, 1.82) is 0 Å². The SMILES string of the molecule is O=C(Nc1cc(Cl)cc(Cl)c1)c1cc2ccccc2oc1=O. The summed E-state index contributed by atoms with van der Waals surface area (Å²) in [5.74, 6) is -0.585. The maximum absolute atomic E-state index is 12.2. The summed E-state index contributed by atoms with van der Waals surface area (Å²) >= 11 is 11.7. The van der Waals surface area contributed by atoms with Crippen LogP contribution in [0.3, 0.4) is 0 Å². The number of nitrogens with one attached hydrogen (secondary N) is 1. The number of benzene rings is 2. The average molecular weight is 334 g/mol. The topological polar surface area (TPSA) is 59.3 Å². The fraction of sp³-hybridized carbons (Fsp3) is 0. The van der Waals surface area contributed by atoms with Crippen LogP contribution in [0.25, 0.3) is 11.0 Å². The highest BCUT2D eigenvalue weighted by atomic mass is 35.5. The van der Waals surface area contributed by atoms with E-state index in [1.165, 1.54) is 18.2 Å². The molecule has 1 amide bonds. The van der Waals surface area contributed by atoms with Crippen LogP contribution in [0.5, 0.6) is 0 Å². The minimum Gasteiger partial charge on any atom is -0.422 e. The van der Waals surface area contributed by atoms with Crippen molar-refractivity contribution in [3.8, 4) is 0 Å². The minimum atomic E-state index is -0.704. The van der Waals surface area contributed by atoms with E-state index in [-0.39, 0.29) is 5.56 Å². The van der Waals surface area contributed by atoms with E-state index in [0.29, 0.717) is 26.7 Å². The van der Waals surface area contributed by atoms with Crippen molar-refractivity contribution in [2.75, 3.05) is 5.32 Å². The number of hydrogen-bond donors (Lipinski definition) is 1. The van der Waals surface area contributed by atoms with Gasteiger partial charge in [-0.15, -0.1) is 0 Å². The molecule has 1 N–H and O–H groups in total. The molecule has 1 aromatic heterocycles. The lowest BCUT2D eigenvalue weighted by Crippen LogP contribution is -2.20. The van der Waals surface area contributed by atoms with Gasteiger partial charge in [-0.3, -0.25) is 4.79 Å². The first-order valence-corrected chi connectivity index (χ1v) is 7.09. The molecule has 0 saturated carbocycles. The Morgan fingerprint density at radius 1 is 1.00 bits per heavy atom. The quantitative estimate of drug-likeness (QED) is 0.709. The minimum absolute atomic E-state index is 0.0882. The highest BCUT2D eigenvalue weighted by molar-refractivity contribution is 6.35. The molecule has 6 heteroatoms. The molecule has 22 heavy (non-hydrogen) atoms. The van der Waals surface area contributed by atoms with Gasteiger partial charge in [0.1, 0.15) is 11.1 Å². The molecule has 0 aliphatic heterocycles. The number of rotatable bonds is 2. The van der Waals surface area contributed by atoms with Crippen molar-refractivity contribution in [3.05, 3.63) is 74.6 Å². The van der Waals surface area contributed by atoms with Crippen LogP contribution in [-0.2, 0) is 0 Å². The molecule has 0 bridgehead atoms. The maximum Gasteiger partial charge on any atom is 0.349 e. The van der Waals surface area contributed by atoms with Crippen molar-refractivity contribution in [3.63, 3.8) is 0 Å². The molecule has 0 unspecified atom stereocenters. The van der Waals surface area contributed by atoms with E-state index in [2.05, 4.69) is 5.32 Å². The molecule has 0 spiro atoms. The Morgan fingerprint density at radius 3 is 2.41 bits per heavy atom. The van der Waals surface area contributed by atoms with Gasteiger partial charge >= 0.3 is 5.63 Å². The summed E-state index contributed by atoms with van der Waals surface area (Å²) in [6.07, 6.45) is 0. The van der Waals surface area contributed by atoms with E-state index in [0.717, 1.165) is 0 Å². The fourth-order valence-electron chi connectivity index (χ4n) is 2.04. The molecular formula is C16H9Cl2NO3. The van der Waals surface area contributed by atoms with Gasteiger partial charge < -0.3 is 9.73 Å². The Labute approximate surface area is 135 Å². The zero-order valence-electron chi connectivity index (χ0n) is 11.1. The van der Waals surface area contributed by atoms with Gasteiger partial charge in [-0.2, -0.15) is 0 Å². The van der Waals surface area contributed by atoms with Crippen LogP contribution < -0.4 is 10.9 Å². The molecule has 2 aromatic carbocycles. The van der Waals surface area contributed by atoms with Crippen LogP contribution in [0.15, 0.2) is 57.7 Å². The largest absolute Gasteiger partial charge is 0.422 e. The third-order valence-corrected chi connectivity index (χ3v) is 3.44. The van der Waals surface area contributed by atoms with E-state index in [1.807, 2.05) is 0 Å². The number of halogens is 2. The average Bonchev–Trinajstić information content (AvgIpc) is 2.45. The molecule has 110 valence electrons. The van der Waals surface area contributed by atoms with Crippen LogP contribution in [0, 0.1) is 0 Å². The Morgan fingerprint density at radius 2 is 1.68 bits per heavy atom. The molecule has 1 heterocycles. The maximum atomic E-state index is 12.2. The number of carbonyl (C=O) groups excluding carboxylic acids is 1. The van der Waals surface area contributed by atoms with Crippen molar-refractivity contribution in [2.24, 2.45) is 0 Å². The summed E-state index contributed by atoms with van der Waals surface area (Å²) in [5.41, 5.74) is 0.0315. The molecule has 0 radical (unpaired) electrons. The van der Waals surface area contributed by atoms with Crippen molar-refractivity contribution in [2.45, 2.75) is 0 Å².